The predicted octanol–water partition coefficient (Wildman–Crippen LogP) is 6.35. The Morgan fingerprint density at radius 3 is 2.69 bits per heavy atom. The number of nitrogens with one attached hydrogen (secondary N) is 1. The summed E-state index contributed by atoms with van der Waals surface area (Å²) in [4.78, 5) is 20.3. The lowest BCUT2D eigenvalue weighted by molar-refractivity contribution is -0.116. The number of likely N-dealkylation sites (tertiary alicyclic amines) is 1. The summed E-state index contributed by atoms with van der Waals surface area (Å²) in [7, 11) is 0. The summed E-state index contributed by atoms with van der Waals surface area (Å²) < 4.78 is 2.08. The highest BCUT2D eigenvalue weighted by atomic mass is 35.5. The van der Waals surface area contributed by atoms with Crippen molar-refractivity contribution < 1.29 is 4.79 Å². The molecule has 2 aliphatic rings. The van der Waals surface area contributed by atoms with Crippen molar-refractivity contribution in [2.24, 2.45) is 0 Å². The molecule has 4 heterocycles. The minimum Gasteiger partial charge on any atom is -0.352 e. The SMILES string of the molecule is Cl.Cl.O=C(NCCCCN1CCC(=Cc2ccccc2Cl)CC1)C1=Cc2cnc3cccc(n23)S1. The Morgan fingerprint density at radius 2 is 1.89 bits per heavy atom. The molecule has 3 aromatic rings. The fourth-order valence-electron chi connectivity index (χ4n) is 4.37. The number of unbranched alkanes of at least 4 members (excludes halogenated alkanes) is 1. The van der Waals surface area contributed by atoms with Crippen LogP contribution in [0.25, 0.3) is 17.8 Å². The van der Waals surface area contributed by atoms with Gasteiger partial charge in [0.05, 0.1) is 21.8 Å². The van der Waals surface area contributed by atoms with E-state index in [1.54, 1.807) is 0 Å². The summed E-state index contributed by atoms with van der Waals surface area (Å²) >= 11 is 7.78. The molecule has 0 aliphatic carbocycles. The third-order valence-corrected chi connectivity index (χ3v) is 7.58. The van der Waals surface area contributed by atoms with Crippen LogP contribution in [0.15, 0.2) is 64.2 Å². The van der Waals surface area contributed by atoms with E-state index in [9.17, 15) is 4.79 Å². The van der Waals surface area contributed by atoms with E-state index in [1.807, 2.05) is 48.7 Å². The summed E-state index contributed by atoms with van der Waals surface area (Å²) in [6, 6.07) is 14.0. The molecule has 1 fully saturated rings. The van der Waals surface area contributed by atoms with Crippen molar-refractivity contribution in [3.63, 3.8) is 0 Å². The number of imidazole rings is 1. The normalized spacial score (nSPS) is 15.1. The molecule has 186 valence electrons. The topological polar surface area (TPSA) is 49.6 Å². The van der Waals surface area contributed by atoms with Gasteiger partial charge in [0.25, 0.3) is 5.91 Å². The van der Waals surface area contributed by atoms with Crippen LogP contribution in [0.2, 0.25) is 5.02 Å². The average molecular weight is 552 g/mol. The molecule has 5 rings (SSSR count). The Morgan fingerprint density at radius 1 is 1.09 bits per heavy atom. The van der Waals surface area contributed by atoms with Crippen LogP contribution in [0.5, 0.6) is 0 Å². The molecule has 5 nitrogen and oxygen atoms in total. The maximum atomic E-state index is 12.7. The van der Waals surface area contributed by atoms with Gasteiger partial charge in [0, 0.05) is 24.7 Å². The lowest BCUT2D eigenvalue weighted by Gasteiger charge is -2.28. The summed E-state index contributed by atoms with van der Waals surface area (Å²) in [5, 5.41) is 4.93. The molecule has 0 spiro atoms. The molecule has 1 amide bonds. The van der Waals surface area contributed by atoms with Gasteiger partial charge < -0.3 is 10.2 Å². The van der Waals surface area contributed by atoms with Crippen molar-refractivity contribution in [2.75, 3.05) is 26.2 Å². The van der Waals surface area contributed by atoms with Gasteiger partial charge in [-0.2, -0.15) is 0 Å². The monoisotopic (exact) mass is 550 g/mol. The van der Waals surface area contributed by atoms with Crippen molar-refractivity contribution in [3.05, 3.63) is 75.4 Å². The van der Waals surface area contributed by atoms with Crippen LogP contribution in [0.3, 0.4) is 0 Å². The van der Waals surface area contributed by atoms with Gasteiger partial charge in [-0.25, -0.2) is 4.98 Å². The highest BCUT2D eigenvalue weighted by molar-refractivity contribution is 8.04. The number of benzene rings is 1. The number of pyridine rings is 1. The highest BCUT2D eigenvalue weighted by Gasteiger charge is 2.20. The minimum atomic E-state index is -0.00298. The molecule has 0 radical (unpaired) electrons. The number of aromatic nitrogens is 2. The zero-order valence-corrected chi connectivity index (χ0v) is 22.5. The van der Waals surface area contributed by atoms with Crippen LogP contribution < -0.4 is 5.32 Å². The molecule has 0 saturated carbocycles. The van der Waals surface area contributed by atoms with Crippen LogP contribution in [-0.2, 0) is 4.79 Å². The fraction of sp³-hybridized carbons (Fsp3) is 0.308. The Labute approximate surface area is 227 Å². The number of halogens is 3. The van der Waals surface area contributed by atoms with Crippen molar-refractivity contribution in [2.45, 2.75) is 30.7 Å². The summed E-state index contributed by atoms with van der Waals surface area (Å²) in [5.41, 5.74) is 4.46. The van der Waals surface area contributed by atoms with E-state index in [-0.39, 0.29) is 30.7 Å². The van der Waals surface area contributed by atoms with Gasteiger partial charge in [-0.05, 0) is 62.1 Å². The molecule has 0 bridgehead atoms. The highest BCUT2D eigenvalue weighted by Crippen LogP contribution is 2.34. The van der Waals surface area contributed by atoms with E-state index < -0.39 is 0 Å². The van der Waals surface area contributed by atoms with E-state index in [2.05, 4.69) is 31.7 Å². The zero-order chi connectivity index (χ0) is 22.6. The summed E-state index contributed by atoms with van der Waals surface area (Å²) in [6.07, 6.45) is 10.3. The lowest BCUT2D eigenvalue weighted by Crippen LogP contribution is -2.32. The van der Waals surface area contributed by atoms with E-state index in [0.717, 1.165) is 77.2 Å². The maximum absolute atomic E-state index is 12.7. The van der Waals surface area contributed by atoms with E-state index in [0.29, 0.717) is 6.54 Å². The van der Waals surface area contributed by atoms with Gasteiger partial charge in [-0.1, -0.05) is 59.3 Å². The second-order valence-corrected chi connectivity index (χ2v) is 9.95. The number of thioether (sulfide) groups is 1. The van der Waals surface area contributed by atoms with Crippen molar-refractivity contribution in [1.29, 1.82) is 0 Å². The second-order valence-electron chi connectivity index (χ2n) is 8.48. The van der Waals surface area contributed by atoms with Gasteiger partial charge >= 0.3 is 0 Å². The maximum Gasteiger partial charge on any atom is 0.258 e. The number of hydrogen-bond acceptors (Lipinski definition) is 4. The first-order valence-corrected chi connectivity index (χ1v) is 12.7. The molecule has 1 saturated heterocycles. The van der Waals surface area contributed by atoms with Crippen molar-refractivity contribution in [3.8, 4) is 0 Å². The Bertz CT molecular complexity index is 1230. The molecular formula is C26H29Cl3N4OS. The first kappa shape index (κ1) is 27.6. The average Bonchev–Trinajstić information content (AvgIpc) is 3.26. The number of amides is 1. The van der Waals surface area contributed by atoms with Gasteiger partial charge in [0.15, 0.2) is 0 Å². The van der Waals surface area contributed by atoms with Crippen molar-refractivity contribution in [1.82, 2.24) is 19.6 Å². The fourth-order valence-corrected chi connectivity index (χ4v) is 5.57. The first-order chi connectivity index (χ1) is 16.2. The van der Waals surface area contributed by atoms with E-state index in [4.69, 9.17) is 11.6 Å². The largest absolute Gasteiger partial charge is 0.352 e. The molecule has 0 unspecified atom stereocenters. The molecule has 35 heavy (non-hydrogen) atoms. The van der Waals surface area contributed by atoms with E-state index >= 15 is 0 Å². The molecule has 1 aromatic carbocycles. The molecule has 2 aliphatic heterocycles. The van der Waals surface area contributed by atoms with Gasteiger partial charge in [0.1, 0.15) is 5.65 Å². The van der Waals surface area contributed by atoms with Gasteiger partial charge in [-0.15, -0.1) is 24.8 Å². The lowest BCUT2D eigenvalue weighted by atomic mass is 10.0. The van der Waals surface area contributed by atoms with Gasteiger partial charge in [-0.3, -0.25) is 9.20 Å². The van der Waals surface area contributed by atoms with E-state index in [1.165, 1.54) is 17.3 Å². The molecule has 9 heteroatoms. The first-order valence-electron chi connectivity index (χ1n) is 11.5. The second kappa shape index (κ2) is 12.8. The molecular weight excluding hydrogens is 523 g/mol. The number of hydrogen-bond donors (Lipinski definition) is 1. The van der Waals surface area contributed by atoms with Crippen LogP contribution >= 0.6 is 48.2 Å². The van der Waals surface area contributed by atoms with Crippen LogP contribution in [-0.4, -0.2) is 46.4 Å². The Balaban J connectivity index is 0.00000171. The van der Waals surface area contributed by atoms with Crippen LogP contribution in [0, 0.1) is 0 Å². The number of rotatable bonds is 7. The smallest absolute Gasteiger partial charge is 0.258 e. The minimum absolute atomic E-state index is 0. The number of carbonyl (C=O) groups is 1. The Hall–Kier alpha value is -1.96. The Kier molecular flexibility index (Phi) is 10.1. The van der Waals surface area contributed by atoms with Crippen LogP contribution in [0.1, 0.15) is 36.9 Å². The quantitative estimate of drug-likeness (QED) is 0.348. The standard InChI is InChI=1S/C26H27ClN4OS.2ClH/c27-22-7-2-1-6-20(22)16-19-10-14-30(15-11-19)13-4-3-12-28-26(32)23-17-21-18-29-24-8-5-9-25(33-23)31(21)24;;/h1-2,5-9,16-18H,3-4,10-15H2,(H,28,32);2*1H. The van der Waals surface area contributed by atoms with Crippen LogP contribution in [0.4, 0.5) is 0 Å². The summed E-state index contributed by atoms with van der Waals surface area (Å²) in [5.74, 6) is -0.00298. The third-order valence-electron chi connectivity index (χ3n) is 6.19. The number of piperidine rings is 1. The number of carbonyl (C=O) groups excluding carboxylic acids is 1. The predicted molar refractivity (Wildman–Crippen MR) is 151 cm³/mol. The number of nitrogens with zero attached hydrogens (tertiary/aromatic N) is 3. The molecule has 2 aromatic heterocycles. The van der Waals surface area contributed by atoms with Crippen molar-refractivity contribution >= 4 is 71.9 Å². The molecule has 1 N–H and O–H groups in total. The summed E-state index contributed by atoms with van der Waals surface area (Å²) in [6.45, 7) is 3.95. The molecule has 0 atom stereocenters. The van der Waals surface area contributed by atoms with Gasteiger partial charge in [0.2, 0.25) is 0 Å². The third kappa shape index (κ3) is 6.63. The zero-order valence-electron chi connectivity index (χ0n) is 19.3.